The average Bonchev–Trinajstić information content (AvgIpc) is 3.03. The van der Waals surface area contributed by atoms with Gasteiger partial charge >= 0.3 is 6.18 Å². The molecule has 24 heavy (non-hydrogen) atoms. The summed E-state index contributed by atoms with van der Waals surface area (Å²) in [5.41, 5.74) is 5.94. The van der Waals surface area contributed by atoms with E-state index in [-0.39, 0.29) is 23.6 Å². The van der Waals surface area contributed by atoms with Crippen LogP contribution in [-0.2, 0) is 12.7 Å². The molecule has 1 unspecified atom stereocenters. The molecule has 0 aliphatic carbocycles. The number of hydrogen-bond acceptors (Lipinski definition) is 4. The Bertz CT molecular complexity index is 744. The third kappa shape index (κ3) is 3.78. The molecule has 128 valence electrons. The van der Waals surface area contributed by atoms with Crippen LogP contribution in [-0.4, -0.2) is 17.6 Å². The molecule has 5 nitrogen and oxygen atoms in total. The number of fused-ring (bicyclic) bond motifs is 1. The molecule has 1 aromatic carbocycles. The van der Waals surface area contributed by atoms with Crippen LogP contribution in [0.4, 0.5) is 13.2 Å². The summed E-state index contributed by atoms with van der Waals surface area (Å²) in [5, 5.41) is 4.32. The summed E-state index contributed by atoms with van der Waals surface area (Å²) < 4.78 is 43.1. The summed E-state index contributed by atoms with van der Waals surface area (Å²) in [7, 11) is 0. The first kappa shape index (κ1) is 16.6. The quantitative estimate of drug-likeness (QED) is 0.655. The highest BCUT2D eigenvalue weighted by Gasteiger charge is 2.33. The number of nitrogens with zero attached hydrogens (tertiary/aromatic N) is 2. The molecule has 2 heterocycles. The Morgan fingerprint density at radius 1 is 1.42 bits per heavy atom. The van der Waals surface area contributed by atoms with Gasteiger partial charge in [0.25, 0.3) is 0 Å². The van der Waals surface area contributed by atoms with Gasteiger partial charge in [-0.3, -0.25) is 0 Å². The molecule has 1 aromatic heterocycles. The Morgan fingerprint density at radius 3 is 2.96 bits per heavy atom. The normalized spacial score (nSPS) is 18.0. The van der Waals surface area contributed by atoms with Crippen molar-refractivity contribution in [1.29, 1.82) is 0 Å². The number of guanidine groups is 1. The second-order valence-electron chi connectivity index (χ2n) is 5.20. The van der Waals surface area contributed by atoms with E-state index < -0.39 is 11.9 Å². The lowest BCUT2D eigenvalue weighted by Crippen LogP contribution is -2.37. The maximum Gasteiger partial charge on any atom is 0.434 e. The van der Waals surface area contributed by atoms with Crippen LogP contribution in [0.5, 0.6) is 5.75 Å². The highest BCUT2D eigenvalue weighted by atomic mass is 32.1. The Hall–Kier alpha value is -2.29. The van der Waals surface area contributed by atoms with E-state index in [0.29, 0.717) is 6.61 Å². The number of nitrogens with two attached hydrogens (primary N) is 1. The molecule has 3 rings (SSSR count). The molecule has 9 heteroatoms. The molecule has 0 spiro atoms. The zero-order valence-corrected chi connectivity index (χ0v) is 13.3. The number of nitrogens with one attached hydrogen (secondary N) is 1. The van der Waals surface area contributed by atoms with E-state index in [4.69, 9.17) is 10.5 Å². The monoisotopic (exact) mass is 356 g/mol. The second kappa shape index (κ2) is 6.68. The molecule has 1 aliphatic heterocycles. The lowest BCUT2D eigenvalue weighted by Gasteiger charge is -2.26. The van der Waals surface area contributed by atoms with Crippen molar-refractivity contribution in [3.8, 4) is 5.75 Å². The van der Waals surface area contributed by atoms with Crippen LogP contribution >= 0.6 is 11.3 Å². The van der Waals surface area contributed by atoms with Gasteiger partial charge in [0.05, 0.1) is 19.2 Å². The molecule has 0 radical (unpaired) electrons. The molecule has 2 aromatic rings. The molecule has 0 fully saturated rings. The summed E-state index contributed by atoms with van der Waals surface area (Å²) in [5.74, 6) is 0.962. The van der Waals surface area contributed by atoms with Crippen molar-refractivity contribution in [3.63, 3.8) is 0 Å². The zero-order chi connectivity index (χ0) is 17.2. The largest absolute Gasteiger partial charge is 0.493 e. The maximum absolute atomic E-state index is 12.5. The first-order valence-corrected chi connectivity index (χ1v) is 8.11. The van der Waals surface area contributed by atoms with E-state index in [1.54, 1.807) is 0 Å². The van der Waals surface area contributed by atoms with E-state index in [1.165, 1.54) is 0 Å². The molecule has 1 aliphatic rings. The summed E-state index contributed by atoms with van der Waals surface area (Å²) in [6, 6.07) is 7.57. The number of rotatable bonds is 3. The highest BCUT2D eigenvalue weighted by Crippen LogP contribution is 2.32. The number of hydrogen-bond donors (Lipinski definition) is 2. The van der Waals surface area contributed by atoms with Crippen LogP contribution in [0.1, 0.15) is 28.7 Å². The second-order valence-corrected chi connectivity index (χ2v) is 6.14. The van der Waals surface area contributed by atoms with Crippen molar-refractivity contribution in [1.82, 2.24) is 10.3 Å². The number of alkyl halides is 3. The van der Waals surface area contributed by atoms with Crippen molar-refractivity contribution >= 4 is 17.3 Å². The van der Waals surface area contributed by atoms with Crippen LogP contribution in [0.25, 0.3) is 0 Å². The van der Waals surface area contributed by atoms with Crippen LogP contribution < -0.4 is 15.8 Å². The van der Waals surface area contributed by atoms with E-state index in [9.17, 15) is 13.2 Å². The van der Waals surface area contributed by atoms with E-state index in [1.807, 2.05) is 24.3 Å². The predicted octanol–water partition coefficient (Wildman–Crippen LogP) is 3.09. The van der Waals surface area contributed by atoms with Gasteiger partial charge in [-0.15, -0.1) is 11.3 Å². The smallest absolute Gasteiger partial charge is 0.434 e. The van der Waals surface area contributed by atoms with E-state index in [2.05, 4.69) is 15.3 Å². The predicted molar refractivity (Wildman–Crippen MR) is 84.9 cm³/mol. The summed E-state index contributed by atoms with van der Waals surface area (Å²) >= 11 is 0.912. The lowest BCUT2D eigenvalue weighted by molar-refractivity contribution is -0.140. The van der Waals surface area contributed by atoms with Gasteiger partial charge in [-0.2, -0.15) is 13.2 Å². The van der Waals surface area contributed by atoms with E-state index >= 15 is 0 Å². The molecule has 3 N–H and O–H groups in total. The molecule has 0 bridgehead atoms. The third-order valence-corrected chi connectivity index (χ3v) is 4.34. The molecule has 0 saturated carbocycles. The van der Waals surface area contributed by atoms with Gasteiger partial charge in [0.15, 0.2) is 11.7 Å². The summed E-state index contributed by atoms with van der Waals surface area (Å²) in [6.07, 6.45) is -3.71. The van der Waals surface area contributed by atoms with Crippen molar-refractivity contribution in [2.75, 3.05) is 6.61 Å². The number of benzene rings is 1. The fraction of sp³-hybridized carbons (Fsp3) is 0.333. The minimum Gasteiger partial charge on any atom is -0.493 e. The van der Waals surface area contributed by atoms with Crippen molar-refractivity contribution in [2.45, 2.75) is 25.2 Å². The molecule has 0 saturated heterocycles. The number of aromatic nitrogens is 1. The Kier molecular flexibility index (Phi) is 4.61. The molecular formula is C15H15F3N4OS. The highest BCUT2D eigenvalue weighted by molar-refractivity contribution is 7.09. The van der Waals surface area contributed by atoms with Crippen LogP contribution in [0.2, 0.25) is 0 Å². The van der Waals surface area contributed by atoms with Gasteiger partial charge in [-0.05, 0) is 6.07 Å². The maximum atomic E-state index is 12.5. The number of thiazole rings is 1. The SMILES string of the molecule is NC(=NCc1nc(C(F)(F)F)cs1)NC1CCOc2ccccc21. The number of halogens is 3. The van der Waals surface area contributed by atoms with Gasteiger partial charge in [0, 0.05) is 17.4 Å². The van der Waals surface area contributed by atoms with Crippen molar-refractivity contribution in [2.24, 2.45) is 10.7 Å². The van der Waals surface area contributed by atoms with Gasteiger partial charge in [0.1, 0.15) is 10.8 Å². The van der Waals surface area contributed by atoms with Crippen molar-refractivity contribution < 1.29 is 17.9 Å². The van der Waals surface area contributed by atoms with Crippen LogP contribution in [0, 0.1) is 0 Å². The van der Waals surface area contributed by atoms with Gasteiger partial charge < -0.3 is 15.8 Å². The van der Waals surface area contributed by atoms with Crippen molar-refractivity contribution in [3.05, 3.63) is 45.9 Å². The minimum atomic E-state index is -4.44. The zero-order valence-electron chi connectivity index (χ0n) is 12.5. The summed E-state index contributed by atoms with van der Waals surface area (Å²) in [6.45, 7) is 0.563. The minimum absolute atomic E-state index is 0.00441. The lowest BCUT2D eigenvalue weighted by atomic mass is 10.0. The Balaban J connectivity index is 1.64. The van der Waals surface area contributed by atoms with Gasteiger partial charge in [0.2, 0.25) is 0 Å². The number of ether oxygens (including phenoxy) is 1. The fourth-order valence-electron chi connectivity index (χ4n) is 2.38. The Labute approximate surface area is 140 Å². The molecular weight excluding hydrogens is 341 g/mol. The number of para-hydroxylation sites is 1. The first-order valence-electron chi connectivity index (χ1n) is 7.23. The van der Waals surface area contributed by atoms with E-state index in [0.717, 1.165) is 34.5 Å². The average molecular weight is 356 g/mol. The third-order valence-electron chi connectivity index (χ3n) is 3.51. The topological polar surface area (TPSA) is 72.5 Å². The number of aliphatic imine (C=N–C) groups is 1. The van der Waals surface area contributed by atoms with Crippen LogP contribution in [0.3, 0.4) is 0 Å². The first-order chi connectivity index (χ1) is 11.4. The molecule has 0 amide bonds. The van der Waals surface area contributed by atoms with Gasteiger partial charge in [-0.25, -0.2) is 9.98 Å². The molecule has 1 atom stereocenters. The Morgan fingerprint density at radius 2 is 2.21 bits per heavy atom. The van der Waals surface area contributed by atoms with Gasteiger partial charge in [-0.1, -0.05) is 18.2 Å². The summed E-state index contributed by atoms with van der Waals surface area (Å²) in [4.78, 5) is 7.60. The van der Waals surface area contributed by atoms with Crippen LogP contribution in [0.15, 0.2) is 34.6 Å². The fourth-order valence-corrected chi connectivity index (χ4v) is 3.11. The standard InChI is InChI=1S/C15H15F3N4OS/c16-15(17,18)12-8-24-13(22-12)7-20-14(19)21-10-5-6-23-11-4-2-1-3-9(10)11/h1-4,8,10H,5-7H2,(H3,19,20,21).